The standard InChI is InChI=1S/C10H16ClN3O2S/c1-10(2,17(3)16)7-6-8(12-4-5-15)14-9(11)13-7/h6,15H,4-5H2,1-3H3,(H,12,13,14). The fraction of sp³-hybridized carbons (Fsp3) is 0.600. The Kier molecular flexibility index (Phi) is 5.00. The number of nitrogens with one attached hydrogen (secondary N) is 1. The van der Waals surface area contributed by atoms with Crippen LogP contribution in [0, 0.1) is 0 Å². The molecule has 96 valence electrons. The van der Waals surface area contributed by atoms with Crippen LogP contribution in [0.15, 0.2) is 6.07 Å². The molecule has 1 rings (SSSR count). The van der Waals surface area contributed by atoms with Crippen LogP contribution in [-0.4, -0.2) is 39.0 Å². The Bertz CT molecular complexity index is 388. The number of aromatic nitrogens is 2. The molecule has 0 aliphatic heterocycles. The lowest BCUT2D eigenvalue weighted by Gasteiger charge is -2.25. The second kappa shape index (κ2) is 5.86. The summed E-state index contributed by atoms with van der Waals surface area (Å²) in [5.41, 5.74) is 0.610. The van der Waals surface area contributed by atoms with Gasteiger partial charge in [0.05, 0.1) is 12.9 Å². The van der Waals surface area contributed by atoms with Crippen LogP contribution in [0.2, 0.25) is 5.28 Å². The Morgan fingerprint density at radius 3 is 2.71 bits per heavy atom. The lowest BCUT2D eigenvalue weighted by atomic mass is 10.1. The molecule has 1 heterocycles. The summed E-state index contributed by atoms with van der Waals surface area (Å²) in [4.78, 5) is 8.07. The Hall–Kier alpha value is -0.560. The Balaban J connectivity index is 3.04. The molecule has 5 nitrogen and oxygen atoms in total. The molecule has 1 unspecified atom stereocenters. The quantitative estimate of drug-likeness (QED) is 0.623. The van der Waals surface area contributed by atoms with Crippen LogP contribution in [0.5, 0.6) is 0 Å². The smallest absolute Gasteiger partial charge is 0.224 e. The van der Waals surface area contributed by atoms with E-state index >= 15 is 0 Å². The van der Waals surface area contributed by atoms with Crippen LogP contribution in [0.25, 0.3) is 0 Å². The van der Waals surface area contributed by atoms with E-state index in [1.54, 1.807) is 12.3 Å². The monoisotopic (exact) mass is 277 g/mol. The molecule has 0 saturated heterocycles. The van der Waals surface area contributed by atoms with Crippen molar-refractivity contribution in [3.63, 3.8) is 0 Å². The summed E-state index contributed by atoms with van der Waals surface area (Å²) in [6.07, 6.45) is 1.62. The van der Waals surface area contributed by atoms with E-state index in [4.69, 9.17) is 16.7 Å². The second-order valence-electron chi connectivity index (χ2n) is 4.02. The number of hydrogen-bond acceptors (Lipinski definition) is 5. The van der Waals surface area contributed by atoms with Gasteiger partial charge in [-0.1, -0.05) is 0 Å². The van der Waals surface area contributed by atoms with Crippen LogP contribution >= 0.6 is 11.6 Å². The highest BCUT2D eigenvalue weighted by Crippen LogP contribution is 2.29. The first kappa shape index (κ1) is 14.5. The molecule has 0 bridgehead atoms. The van der Waals surface area contributed by atoms with Crippen molar-refractivity contribution in [1.29, 1.82) is 0 Å². The van der Waals surface area contributed by atoms with Crippen LogP contribution in [0.1, 0.15) is 19.5 Å². The lowest BCUT2D eigenvalue weighted by Crippen LogP contribution is -2.29. The molecule has 0 aromatic carbocycles. The van der Waals surface area contributed by atoms with Gasteiger partial charge in [-0.05, 0) is 36.6 Å². The normalized spacial score (nSPS) is 13.5. The van der Waals surface area contributed by atoms with E-state index in [-0.39, 0.29) is 11.9 Å². The van der Waals surface area contributed by atoms with Gasteiger partial charge >= 0.3 is 0 Å². The number of rotatable bonds is 5. The summed E-state index contributed by atoms with van der Waals surface area (Å²) >= 11 is 4.74. The van der Waals surface area contributed by atoms with Crippen molar-refractivity contribution in [3.8, 4) is 0 Å². The lowest BCUT2D eigenvalue weighted by molar-refractivity contribution is 0.311. The second-order valence-corrected chi connectivity index (χ2v) is 6.29. The van der Waals surface area contributed by atoms with Crippen molar-refractivity contribution >= 4 is 28.6 Å². The van der Waals surface area contributed by atoms with Crippen molar-refractivity contribution in [1.82, 2.24) is 9.97 Å². The molecule has 0 spiro atoms. The first-order chi connectivity index (χ1) is 7.87. The van der Waals surface area contributed by atoms with Gasteiger partial charge < -0.3 is 15.0 Å². The van der Waals surface area contributed by atoms with E-state index in [9.17, 15) is 4.55 Å². The number of anilines is 1. The minimum absolute atomic E-state index is 0.0000560. The molecule has 0 amide bonds. The molecule has 0 aliphatic carbocycles. The van der Waals surface area contributed by atoms with Gasteiger partial charge in [0.25, 0.3) is 0 Å². The third kappa shape index (κ3) is 3.70. The van der Waals surface area contributed by atoms with Crippen LogP contribution < -0.4 is 5.32 Å². The number of aliphatic hydroxyl groups excluding tert-OH is 1. The van der Waals surface area contributed by atoms with Crippen LogP contribution in [0.4, 0.5) is 5.82 Å². The third-order valence-electron chi connectivity index (χ3n) is 2.45. The summed E-state index contributed by atoms with van der Waals surface area (Å²) in [7, 11) is 0. The van der Waals surface area contributed by atoms with Gasteiger partial charge in [-0.3, -0.25) is 0 Å². The average Bonchev–Trinajstić information content (AvgIpc) is 2.25. The minimum Gasteiger partial charge on any atom is -0.616 e. The fourth-order valence-corrected chi connectivity index (χ4v) is 1.73. The Morgan fingerprint density at radius 1 is 1.53 bits per heavy atom. The molecule has 1 aromatic rings. The zero-order valence-electron chi connectivity index (χ0n) is 10.0. The van der Waals surface area contributed by atoms with Crippen molar-refractivity contribution in [3.05, 3.63) is 17.0 Å². The number of hydrogen-bond donors (Lipinski definition) is 2. The van der Waals surface area contributed by atoms with E-state index < -0.39 is 15.9 Å². The Labute approximate surface area is 109 Å². The number of nitrogens with zero attached hydrogens (tertiary/aromatic N) is 2. The molecule has 1 atom stereocenters. The van der Waals surface area contributed by atoms with Crippen LogP contribution in [0.3, 0.4) is 0 Å². The average molecular weight is 278 g/mol. The summed E-state index contributed by atoms with van der Waals surface area (Å²) in [6.45, 7) is 4.04. The van der Waals surface area contributed by atoms with Crippen LogP contribution in [-0.2, 0) is 15.9 Å². The van der Waals surface area contributed by atoms with Crippen molar-refractivity contribution in [2.45, 2.75) is 18.6 Å². The largest absolute Gasteiger partial charge is 0.616 e. The van der Waals surface area contributed by atoms with E-state index in [0.29, 0.717) is 18.1 Å². The predicted molar refractivity (Wildman–Crippen MR) is 69.7 cm³/mol. The van der Waals surface area contributed by atoms with Gasteiger partial charge in [-0.15, -0.1) is 0 Å². The highest BCUT2D eigenvalue weighted by molar-refractivity contribution is 7.91. The molecule has 0 fully saturated rings. The SMILES string of the molecule is C[S+]([O-])C(C)(C)c1cc(NCCO)nc(Cl)n1. The molecule has 1 aromatic heterocycles. The van der Waals surface area contributed by atoms with E-state index in [0.717, 1.165) is 0 Å². The molecular weight excluding hydrogens is 262 g/mol. The first-order valence-electron chi connectivity index (χ1n) is 5.11. The van der Waals surface area contributed by atoms with Crippen molar-refractivity contribution < 1.29 is 9.66 Å². The van der Waals surface area contributed by atoms with Crippen molar-refractivity contribution in [2.24, 2.45) is 0 Å². The Morgan fingerprint density at radius 2 is 2.18 bits per heavy atom. The molecule has 0 saturated carbocycles. The van der Waals surface area contributed by atoms with Crippen molar-refractivity contribution in [2.75, 3.05) is 24.7 Å². The molecule has 2 N–H and O–H groups in total. The summed E-state index contributed by atoms with van der Waals surface area (Å²) in [5, 5.41) is 11.7. The first-order valence-corrected chi connectivity index (χ1v) is 7.05. The molecule has 7 heteroatoms. The maximum Gasteiger partial charge on any atom is 0.224 e. The van der Waals surface area contributed by atoms with Gasteiger partial charge in [0.2, 0.25) is 5.28 Å². The fourth-order valence-electron chi connectivity index (χ4n) is 1.15. The van der Waals surface area contributed by atoms with E-state index in [1.165, 1.54) is 0 Å². The summed E-state index contributed by atoms with van der Waals surface area (Å²) in [6, 6.07) is 1.70. The van der Waals surface area contributed by atoms with E-state index in [1.807, 2.05) is 13.8 Å². The van der Waals surface area contributed by atoms with E-state index in [2.05, 4.69) is 15.3 Å². The van der Waals surface area contributed by atoms with Gasteiger partial charge in [-0.2, -0.15) is 0 Å². The highest BCUT2D eigenvalue weighted by Gasteiger charge is 2.33. The predicted octanol–water partition coefficient (Wildman–Crippen LogP) is 1.15. The zero-order chi connectivity index (χ0) is 13.1. The molecule has 17 heavy (non-hydrogen) atoms. The maximum absolute atomic E-state index is 11.6. The molecule has 0 radical (unpaired) electrons. The van der Waals surface area contributed by atoms with Gasteiger partial charge in [0.15, 0.2) is 4.75 Å². The molecular formula is C10H16ClN3O2S. The van der Waals surface area contributed by atoms with Gasteiger partial charge in [-0.25, -0.2) is 9.97 Å². The number of aliphatic hydroxyl groups is 1. The third-order valence-corrected chi connectivity index (χ3v) is 4.27. The summed E-state index contributed by atoms with van der Waals surface area (Å²) < 4.78 is 11.1. The molecule has 0 aliphatic rings. The maximum atomic E-state index is 11.6. The van der Waals surface area contributed by atoms with Gasteiger partial charge in [0, 0.05) is 12.6 Å². The summed E-state index contributed by atoms with van der Waals surface area (Å²) in [5.74, 6) is 0.521. The van der Waals surface area contributed by atoms with Gasteiger partial charge in [0.1, 0.15) is 11.5 Å². The number of halogens is 1. The highest BCUT2D eigenvalue weighted by atomic mass is 35.5. The minimum atomic E-state index is -1.08. The zero-order valence-corrected chi connectivity index (χ0v) is 11.6. The topological polar surface area (TPSA) is 81.1 Å².